The fourth-order valence-corrected chi connectivity index (χ4v) is 4.90. The van der Waals surface area contributed by atoms with Crippen LogP contribution in [-0.2, 0) is 13.0 Å². The number of anilines is 1. The molecule has 5 rings (SSSR count). The van der Waals surface area contributed by atoms with Gasteiger partial charge in [-0.15, -0.1) is 11.3 Å². The van der Waals surface area contributed by atoms with Crippen LogP contribution in [-0.4, -0.2) is 16.0 Å². The molecule has 1 N–H and O–H groups in total. The Bertz CT molecular complexity index is 1180. The Labute approximate surface area is 161 Å². The third-order valence-electron chi connectivity index (χ3n) is 5.25. The number of benzene rings is 2. The second-order valence-corrected chi connectivity index (χ2v) is 7.88. The highest BCUT2D eigenvalue weighted by atomic mass is 32.1. The van der Waals surface area contributed by atoms with Crippen molar-refractivity contribution >= 4 is 27.2 Å². The number of hydrogen-bond acceptors (Lipinski definition) is 4. The van der Waals surface area contributed by atoms with Gasteiger partial charge in [-0.05, 0) is 30.5 Å². The fraction of sp³-hybridized carbons (Fsp3) is 0.182. The summed E-state index contributed by atoms with van der Waals surface area (Å²) in [6.07, 6.45) is 1.03. The minimum atomic E-state index is -0.0600. The number of aromatic nitrogens is 2. The highest BCUT2D eigenvalue weighted by Gasteiger charge is 2.26. The molecular formula is C22H19N3OS. The van der Waals surface area contributed by atoms with Crippen molar-refractivity contribution in [3.63, 3.8) is 0 Å². The molecule has 4 aromatic rings. The molecule has 2 aromatic heterocycles. The van der Waals surface area contributed by atoms with Crippen LogP contribution in [0.25, 0.3) is 21.3 Å². The summed E-state index contributed by atoms with van der Waals surface area (Å²) in [4.78, 5) is 23.8. The summed E-state index contributed by atoms with van der Waals surface area (Å²) in [5.74, 6) is 0.720. The monoisotopic (exact) mass is 373 g/mol. The predicted molar refractivity (Wildman–Crippen MR) is 111 cm³/mol. The molecule has 1 aliphatic rings. The van der Waals surface area contributed by atoms with Gasteiger partial charge in [0.15, 0.2) is 0 Å². The zero-order chi connectivity index (χ0) is 18.4. The van der Waals surface area contributed by atoms with Gasteiger partial charge in [-0.3, -0.25) is 4.79 Å². The van der Waals surface area contributed by atoms with E-state index in [0.29, 0.717) is 18.0 Å². The van der Waals surface area contributed by atoms with E-state index in [1.807, 2.05) is 35.7 Å². The van der Waals surface area contributed by atoms with Crippen LogP contribution in [0.3, 0.4) is 0 Å². The molecular weight excluding hydrogens is 354 g/mol. The number of nitrogens with zero attached hydrogens (tertiary/aromatic N) is 2. The molecule has 27 heavy (non-hydrogen) atoms. The van der Waals surface area contributed by atoms with Crippen molar-refractivity contribution in [1.82, 2.24) is 9.97 Å². The van der Waals surface area contributed by atoms with Crippen LogP contribution in [0.2, 0.25) is 0 Å². The van der Waals surface area contributed by atoms with E-state index < -0.39 is 0 Å². The molecule has 5 heteroatoms. The molecule has 4 nitrogen and oxygen atoms in total. The molecule has 0 spiro atoms. The third-order valence-corrected chi connectivity index (χ3v) is 6.12. The van der Waals surface area contributed by atoms with Crippen LogP contribution in [0.1, 0.15) is 18.3 Å². The molecule has 0 radical (unpaired) electrons. The number of thiophene rings is 1. The number of nitrogens with one attached hydrogen (secondary N) is 1. The molecule has 0 aliphatic carbocycles. The molecule has 1 aliphatic heterocycles. The Morgan fingerprint density at radius 3 is 2.78 bits per heavy atom. The highest BCUT2D eigenvalue weighted by molar-refractivity contribution is 7.17. The van der Waals surface area contributed by atoms with E-state index in [1.165, 1.54) is 22.6 Å². The van der Waals surface area contributed by atoms with Gasteiger partial charge in [0.1, 0.15) is 10.7 Å². The molecule has 0 saturated carbocycles. The van der Waals surface area contributed by atoms with Crippen LogP contribution in [0.15, 0.2) is 64.8 Å². The lowest BCUT2D eigenvalue weighted by atomic mass is 10.1. The van der Waals surface area contributed by atoms with Crippen LogP contribution >= 0.6 is 11.3 Å². The molecule has 1 atom stereocenters. The average molecular weight is 373 g/mol. The molecule has 3 heterocycles. The first-order valence-electron chi connectivity index (χ1n) is 9.11. The maximum atomic E-state index is 12.8. The van der Waals surface area contributed by atoms with Crippen LogP contribution in [0.5, 0.6) is 0 Å². The molecule has 0 amide bonds. The van der Waals surface area contributed by atoms with Crippen molar-refractivity contribution in [3.8, 4) is 11.1 Å². The third kappa shape index (κ3) is 2.75. The quantitative estimate of drug-likeness (QED) is 0.571. The van der Waals surface area contributed by atoms with Gasteiger partial charge < -0.3 is 9.88 Å². The molecule has 0 unspecified atom stereocenters. The van der Waals surface area contributed by atoms with Crippen molar-refractivity contribution in [2.45, 2.75) is 25.9 Å². The number of fused-ring (bicyclic) bond motifs is 2. The Hall–Kier alpha value is -2.92. The van der Waals surface area contributed by atoms with Gasteiger partial charge in [0.05, 0.1) is 11.9 Å². The van der Waals surface area contributed by atoms with Gasteiger partial charge in [-0.1, -0.05) is 48.5 Å². The van der Waals surface area contributed by atoms with Crippen molar-refractivity contribution < 1.29 is 0 Å². The summed E-state index contributed by atoms with van der Waals surface area (Å²) >= 11 is 1.53. The van der Waals surface area contributed by atoms with Gasteiger partial charge >= 0.3 is 0 Å². The topological polar surface area (TPSA) is 49.0 Å². The summed E-state index contributed by atoms with van der Waals surface area (Å²) in [6.45, 7) is 2.83. The SMILES string of the molecule is C[C@@H]1Cc2ccccc2N1Cc1nc2scc(-c3ccccc3)c2c(=O)[nH]1. The van der Waals surface area contributed by atoms with E-state index in [0.717, 1.165) is 28.2 Å². The van der Waals surface area contributed by atoms with E-state index in [2.05, 4.69) is 41.1 Å². The van der Waals surface area contributed by atoms with E-state index in [4.69, 9.17) is 4.98 Å². The largest absolute Gasteiger partial charge is 0.361 e. The smallest absolute Gasteiger partial charge is 0.260 e. The number of rotatable bonds is 3. The number of hydrogen-bond donors (Lipinski definition) is 1. The van der Waals surface area contributed by atoms with Gasteiger partial charge in [0, 0.05) is 22.7 Å². The van der Waals surface area contributed by atoms with Crippen molar-refractivity contribution in [3.05, 3.63) is 81.7 Å². The second kappa shape index (κ2) is 6.35. The zero-order valence-corrected chi connectivity index (χ0v) is 15.8. The van der Waals surface area contributed by atoms with Crippen molar-refractivity contribution in [2.24, 2.45) is 0 Å². The minimum Gasteiger partial charge on any atom is -0.361 e. The van der Waals surface area contributed by atoms with Gasteiger partial charge in [-0.25, -0.2) is 4.98 Å². The maximum absolute atomic E-state index is 12.8. The standard InChI is InChI=1S/C22H19N3OS/c1-14-11-16-9-5-6-10-18(16)25(14)12-19-23-21(26)20-17(13-27-22(20)24-19)15-7-3-2-4-8-15/h2-10,13-14H,11-12H2,1H3,(H,23,24,26)/t14-/m1/s1. The van der Waals surface area contributed by atoms with Crippen LogP contribution in [0, 0.1) is 0 Å². The first-order valence-corrected chi connectivity index (χ1v) is 9.99. The van der Waals surface area contributed by atoms with Crippen molar-refractivity contribution in [1.29, 1.82) is 0 Å². The molecule has 0 fully saturated rings. The maximum Gasteiger partial charge on any atom is 0.260 e. The van der Waals surface area contributed by atoms with Crippen molar-refractivity contribution in [2.75, 3.05) is 4.90 Å². The molecule has 0 bridgehead atoms. The second-order valence-electron chi connectivity index (χ2n) is 7.02. The summed E-state index contributed by atoms with van der Waals surface area (Å²) in [6, 6.07) is 18.9. The summed E-state index contributed by atoms with van der Waals surface area (Å²) in [7, 11) is 0. The number of aromatic amines is 1. The molecule has 134 valence electrons. The summed E-state index contributed by atoms with van der Waals surface area (Å²) in [5.41, 5.74) is 4.54. The first-order chi connectivity index (χ1) is 13.2. The van der Waals surface area contributed by atoms with E-state index in [1.54, 1.807) is 0 Å². The Balaban J connectivity index is 1.54. The lowest BCUT2D eigenvalue weighted by Gasteiger charge is -2.24. The lowest BCUT2D eigenvalue weighted by Crippen LogP contribution is -2.30. The zero-order valence-electron chi connectivity index (χ0n) is 15.0. The van der Waals surface area contributed by atoms with Gasteiger partial charge in [0.25, 0.3) is 5.56 Å². The van der Waals surface area contributed by atoms with Crippen LogP contribution < -0.4 is 10.5 Å². The van der Waals surface area contributed by atoms with E-state index in [9.17, 15) is 4.79 Å². The lowest BCUT2D eigenvalue weighted by molar-refractivity contribution is 0.655. The van der Waals surface area contributed by atoms with Crippen LogP contribution in [0.4, 0.5) is 5.69 Å². The van der Waals surface area contributed by atoms with E-state index in [-0.39, 0.29) is 5.56 Å². The molecule has 0 saturated heterocycles. The van der Waals surface area contributed by atoms with E-state index >= 15 is 0 Å². The Morgan fingerprint density at radius 2 is 1.93 bits per heavy atom. The predicted octanol–water partition coefficient (Wildman–Crippen LogP) is 4.60. The van der Waals surface area contributed by atoms with Gasteiger partial charge in [0.2, 0.25) is 0 Å². The highest BCUT2D eigenvalue weighted by Crippen LogP contribution is 2.34. The minimum absolute atomic E-state index is 0.0600. The normalized spacial score (nSPS) is 16.0. The number of H-pyrrole nitrogens is 1. The average Bonchev–Trinajstić information content (AvgIpc) is 3.24. The van der Waals surface area contributed by atoms with Gasteiger partial charge in [-0.2, -0.15) is 0 Å². The molecule has 2 aromatic carbocycles. The fourth-order valence-electron chi connectivity index (χ4n) is 3.93. The Kier molecular flexibility index (Phi) is 3.83. The summed E-state index contributed by atoms with van der Waals surface area (Å²) in [5, 5.41) is 2.71. The Morgan fingerprint density at radius 1 is 1.15 bits per heavy atom. The first kappa shape index (κ1) is 16.3. The number of para-hydroxylation sites is 1. The summed E-state index contributed by atoms with van der Waals surface area (Å²) < 4.78 is 0.